The van der Waals surface area contributed by atoms with Crippen molar-refractivity contribution in [2.75, 3.05) is 19.7 Å². The molecule has 1 fully saturated rings. The van der Waals surface area contributed by atoms with Gasteiger partial charge in [0.25, 0.3) is 5.91 Å². The molecule has 1 aliphatic rings. The Morgan fingerprint density at radius 2 is 2.04 bits per heavy atom. The zero-order valence-electron chi connectivity index (χ0n) is 15.2. The van der Waals surface area contributed by atoms with Gasteiger partial charge in [0.1, 0.15) is 23.2 Å². The Kier molecular flexibility index (Phi) is 4.91. The minimum Gasteiger partial charge on any atom is -0.494 e. The van der Waals surface area contributed by atoms with Crippen LogP contribution in [0.5, 0.6) is 11.5 Å². The molecule has 0 bridgehead atoms. The number of amides is 1. The molecule has 7 nitrogen and oxygen atoms in total. The predicted octanol–water partition coefficient (Wildman–Crippen LogP) is 2.81. The monoisotopic (exact) mass is 366 g/mol. The fourth-order valence-corrected chi connectivity index (χ4v) is 3.32. The molecule has 3 heterocycles. The number of nitrogens with zero attached hydrogens (tertiary/aromatic N) is 4. The Morgan fingerprint density at radius 1 is 1.22 bits per heavy atom. The summed E-state index contributed by atoms with van der Waals surface area (Å²) in [7, 11) is 0. The molecule has 3 aromatic rings. The molecule has 1 aliphatic heterocycles. The highest BCUT2D eigenvalue weighted by Crippen LogP contribution is 2.24. The minimum atomic E-state index is -0.0273. The summed E-state index contributed by atoms with van der Waals surface area (Å²) in [6.45, 7) is 3.89. The van der Waals surface area contributed by atoms with E-state index in [2.05, 4.69) is 10.1 Å². The molecule has 4 rings (SSSR count). The van der Waals surface area contributed by atoms with Crippen LogP contribution in [-0.4, -0.2) is 51.2 Å². The summed E-state index contributed by atoms with van der Waals surface area (Å²) in [4.78, 5) is 18.9. The highest BCUT2D eigenvalue weighted by molar-refractivity contribution is 5.99. The molecule has 140 valence electrons. The van der Waals surface area contributed by atoms with Gasteiger partial charge in [0.15, 0.2) is 5.65 Å². The zero-order chi connectivity index (χ0) is 18.6. The summed E-state index contributed by atoms with van der Waals surface area (Å²) in [6.07, 6.45) is 6.72. The van der Waals surface area contributed by atoms with Gasteiger partial charge in [-0.05, 0) is 25.1 Å². The number of aromatic nitrogens is 3. The Labute approximate surface area is 157 Å². The van der Waals surface area contributed by atoms with Crippen molar-refractivity contribution in [2.24, 2.45) is 0 Å². The predicted molar refractivity (Wildman–Crippen MR) is 100 cm³/mol. The second kappa shape index (κ2) is 7.65. The lowest BCUT2D eigenvalue weighted by Gasteiger charge is -2.32. The first-order valence-corrected chi connectivity index (χ1v) is 9.21. The Bertz CT molecular complexity index is 932. The second-order valence-electron chi connectivity index (χ2n) is 6.46. The molecule has 1 amide bonds. The Balaban J connectivity index is 1.37. The lowest BCUT2D eigenvalue weighted by Crippen LogP contribution is -2.41. The SMILES string of the molecule is CCOc1cccc(OC2CCN(C(=O)c3cnn4cccnc34)CC2)c1. The van der Waals surface area contributed by atoms with Gasteiger partial charge in [0.05, 0.1) is 12.8 Å². The largest absolute Gasteiger partial charge is 0.494 e. The molecule has 2 aromatic heterocycles. The van der Waals surface area contributed by atoms with Crippen molar-refractivity contribution >= 4 is 11.6 Å². The number of hydrogen-bond donors (Lipinski definition) is 0. The van der Waals surface area contributed by atoms with E-state index in [4.69, 9.17) is 9.47 Å². The minimum absolute atomic E-state index is 0.0273. The van der Waals surface area contributed by atoms with Gasteiger partial charge in [-0.15, -0.1) is 0 Å². The molecule has 0 N–H and O–H groups in total. The van der Waals surface area contributed by atoms with Gasteiger partial charge < -0.3 is 14.4 Å². The number of likely N-dealkylation sites (tertiary alicyclic amines) is 1. The van der Waals surface area contributed by atoms with E-state index in [0.717, 1.165) is 24.3 Å². The van der Waals surface area contributed by atoms with Gasteiger partial charge in [-0.2, -0.15) is 5.10 Å². The normalized spacial score (nSPS) is 15.1. The van der Waals surface area contributed by atoms with E-state index in [1.165, 1.54) is 0 Å². The van der Waals surface area contributed by atoms with Crippen LogP contribution in [0.2, 0.25) is 0 Å². The smallest absolute Gasteiger partial charge is 0.259 e. The molecule has 0 spiro atoms. The van der Waals surface area contributed by atoms with Crippen LogP contribution in [0.3, 0.4) is 0 Å². The van der Waals surface area contributed by atoms with Crippen molar-refractivity contribution in [2.45, 2.75) is 25.9 Å². The van der Waals surface area contributed by atoms with Crippen molar-refractivity contribution in [1.82, 2.24) is 19.5 Å². The van der Waals surface area contributed by atoms with Crippen molar-refractivity contribution in [1.29, 1.82) is 0 Å². The van der Waals surface area contributed by atoms with E-state index in [0.29, 0.717) is 30.9 Å². The third-order valence-corrected chi connectivity index (χ3v) is 4.66. The maximum atomic E-state index is 12.8. The fraction of sp³-hybridized carbons (Fsp3) is 0.350. The number of piperidine rings is 1. The van der Waals surface area contributed by atoms with E-state index in [1.807, 2.05) is 36.1 Å². The van der Waals surface area contributed by atoms with Crippen LogP contribution in [-0.2, 0) is 0 Å². The first kappa shape index (κ1) is 17.3. The molecular weight excluding hydrogens is 344 g/mol. The topological polar surface area (TPSA) is 69.0 Å². The first-order valence-electron chi connectivity index (χ1n) is 9.21. The number of fused-ring (bicyclic) bond motifs is 1. The highest BCUT2D eigenvalue weighted by Gasteiger charge is 2.26. The number of hydrogen-bond acceptors (Lipinski definition) is 5. The van der Waals surface area contributed by atoms with Gasteiger partial charge >= 0.3 is 0 Å². The van der Waals surface area contributed by atoms with Crippen molar-refractivity contribution < 1.29 is 14.3 Å². The molecule has 0 atom stereocenters. The van der Waals surface area contributed by atoms with Crippen LogP contribution in [0.25, 0.3) is 5.65 Å². The maximum absolute atomic E-state index is 12.8. The summed E-state index contributed by atoms with van der Waals surface area (Å²) in [5.74, 6) is 1.58. The average molecular weight is 366 g/mol. The van der Waals surface area contributed by atoms with Crippen LogP contribution >= 0.6 is 0 Å². The van der Waals surface area contributed by atoms with Crippen LogP contribution in [0.1, 0.15) is 30.1 Å². The Hall–Kier alpha value is -3.09. The summed E-state index contributed by atoms with van der Waals surface area (Å²) in [5, 5.41) is 4.20. The van der Waals surface area contributed by atoms with E-state index < -0.39 is 0 Å². The highest BCUT2D eigenvalue weighted by atomic mass is 16.5. The third kappa shape index (κ3) is 3.72. The molecule has 1 saturated heterocycles. The third-order valence-electron chi connectivity index (χ3n) is 4.66. The van der Waals surface area contributed by atoms with Gasteiger partial charge in [-0.1, -0.05) is 6.07 Å². The zero-order valence-corrected chi connectivity index (χ0v) is 15.2. The summed E-state index contributed by atoms with van der Waals surface area (Å²) < 4.78 is 13.2. The van der Waals surface area contributed by atoms with Gasteiger partial charge in [-0.3, -0.25) is 4.79 Å². The molecular formula is C20H22N4O3. The number of carbonyl (C=O) groups is 1. The summed E-state index contributed by atoms with van der Waals surface area (Å²) >= 11 is 0. The van der Waals surface area contributed by atoms with Crippen LogP contribution in [0.15, 0.2) is 48.9 Å². The molecule has 1 aromatic carbocycles. The van der Waals surface area contributed by atoms with Gasteiger partial charge in [0, 0.05) is 44.4 Å². The number of carbonyl (C=O) groups excluding carboxylic acids is 1. The second-order valence-corrected chi connectivity index (χ2v) is 6.46. The van der Waals surface area contributed by atoms with E-state index in [9.17, 15) is 4.79 Å². The van der Waals surface area contributed by atoms with Crippen molar-refractivity contribution in [3.63, 3.8) is 0 Å². The molecule has 0 saturated carbocycles. The maximum Gasteiger partial charge on any atom is 0.259 e. The van der Waals surface area contributed by atoms with Crippen LogP contribution in [0.4, 0.5) is 0 Å². The van der Waals surface area contributed by atoms with E-state index in [-0.39, 0.29) is 12.0 Å². The number of ether oxygens (including phenoxy) is 2. The quantitative estimate of drug-likeness (QED) is 0.694. The molecule has 0 aliphatic carbocycles. The van der Waals surface area contributed by atoms with Crippen molar-refractivity contribution in [3.8, 4) is 11.5 Å². The lowest BCUT2D eigenvalue weighted by molar-refractivity contribution is 0.0597. The van der Waals surface area contributed by atoms with E-state index in [1.54, 1.807) is 29.2 Å². The number of rotatable bonds is 5. The lowest BCUT2D eigenvalue weighted by atomic mass is 10.1. The van der Waals surface area contributed by atoms with Crippen LogP contribution in [0, 0.1) is 0 Å². The van der Waals surface area contributed by atoms with E-state index >= 15 is 0 Å². The van der Waals surface area contributed by atoms with Gasteiger partial charge in [0.2, 0.25) is 0 Å². The molecule has 0 unspecified atom stereocenters. The summed E-state index contributed by atoms with van der Waals surface area (Å²) in [5.41, 5.74) is 1.13. The van der Waals surface area contributed by atoms with Crippen molar-refractivity contribution in [3.05, 3.63) is 54.5 Å². The number of benzene rings is 1. The average Bonchev–Trinajstić information content (AvgIpc) is 3.13. The standard InChI is InChI=1S/C20H22N4O3/c1-2-26-16-5-3-6-17(13-16)27-15-7-11-23(12-8-15)20(25)18-14-22-24-10-4-9-21-19(18)24/h3-6,9-10,13-15H,2,7-8,11-12H2,1H3. The molecule has 7 heteroatoms. The molecule has 0 radical (unpaired) electrons. The fourth-order valence-electron chi connectivity index (χ4n) is 3.32. The van der Waals surface area contributed by atoms with Gasteiger partial charge in [-0.25, -0.2) is 9.50 Å². The summed E-state index contributed by atoms with van der Waals surface area (Å²) in [6, 6.07) is 9.48. The Morgan fingerprint density at radius 3 is 2.85 bits per heavy atom. The first-order chi connectivity index (χ1) is 13.2. The van der Waals surface area contributed by atoms with Crippen LogP contribution < -0.4 is 9.47 Å². The molecule has 27 heavy (non-hydrogen) atoms.